The van der Waals surface area contributed by atoms with Gasteiger partial charge in [-0.1, -0.05) is 42.5 Å². The van der Waals surface area contributed by atoms with E-state index in [0.717, 1.165) is 13.0 Å². The highest BCUT2D eigenvalue weighted by Crippen LogP contribution is 2.38. The molecule has 0 atom stereocenters. The fraction of sp³-hybridized carbons (Fsp3) is 0.250. The second-order valence-corrected chi connectivity index (χ2v) is 5.02. The van der Waals surface area contributed by atoms with Gasteiger partial charge in [0, 0.05) is 6.54 Å². The van der Waals surface area contributed by atoms with Gasteiger partial charge in [0.25, 0.3) is 0 Å². The maximum Gasteiger partial charge on any atom is 0.0233 e. The van der Waals surface area contributed by atoms with Crippen LogP contribution in [0.3, 0.4) is 0 Å². The van der Waals surface area contributed by atoms with Gasteiger partial charge >= 0.3 is 0 Å². The minimum atomic E-state index is 1.01. The zero-order valence-corrected chi connectivity index (χ0v) is 10.4. The van der Waals surface area contributed by atoms with Gasteiger partial charge in [-0.05, 0) is 48.3 Å². The van der Waals surface area contributed by atoms with Gasteiger partial charge in [-0.15, -0.1) is 0 Å². The Hall–Kier alpha value is -1.60. The van der Waals surface area contributed by atoms with Gasteiger partial charge < -0.3 is 4.90 Å². The first-order valence-electron chi connectivity index (χ1n) is 6.09. The molecule has 0 saturated carbocycles. The first-order valence-corrected chi connectivity index (χ1v) is 6.09. The van der Waals surface area contributed by atoms with Crippen molar-refractivity contribution in [1.82, 2.24) is 4.90 Å². The molecule has 0 fully saturated rings. The minimum absolute atomic E-state index is 1.01. The van der Waals surface area contributed by atoms with Gasteiger partial charge in [-0.25, -0.2) is 0 Å². The summed E-state index contributed by atoms with van der Waals surface area (Å²) in [6.45, 7) is 1.01. The fourth-order valence-corrected chi connectivity index (χ4v) is 2.74. The Balaban J connectivity index is 2.16. The van der Waals surface area contributed by atoms with Crippen LogP contribution in [-0.4, -0.2) is 19.0 Å². The molecule has 86 valence electrons. The maximum absolute atomic E-state index is 2.26. The first kappa shape index (κ1) is 10.5. The predicted octanol–water partition coefficient (Wildman–Crippen LogP) is 3.32. The molecule has 0 aromatic heterocycles. The second kappa shape index (κ2) is 4.01. The number of hydrogen-bond acceptors (Lipinski definition) is 1. The van der Waals surface area contributed by atoms with Gasteiger partial charge in [0.15, 0.2) is 0 Å². The van der Waals surface area contributed by atoms with Crippen LogP contribution < -0.4 is 0 Å². The standard InChI is InChI=1S/C16H17N/c1-17(2)11-14-8-5-7-13-10-12-6-3-4-9-15(12)16(13)14/h3-9H,10-11H2,1-2H3. The molecule has 0 saturated heterocycles. The zero-order valence-electron chi connectivity index (χ0n) is 10.4. The Bertz CT molecular complexity index is 555. The maximum atomic E-state index is 2.26. The highest BCUT2D eigenvalue weighted by molar-refractivity contribution is 5.79. The Morgan fingerprint density at radius 3 is 2.53 bits per heavy atom. The highest BCUT2D eigenvalue weighted by atomic mass is 15.0. The molecule has 3 rings (SSSR count). The lowest BCUT2D eigenvalue weighted by molar-refractivity contribution is 0.403. The van der Waals surface area contributed by atoms with Crippen molar-refractivity contribution in [2.45, 2.75) is 13.0 Å². The molecule has 1 aliphatic carbocycles. The molecular weight excluding hydrogens is 206 g/mol. The largest absolute Gasteiger partial charge is 0.305 e. The summed E-state index contributed by atoms with van der Waals surface area (Å²) < 4.78 is 0. The lowest BCUT2D eigenvalue weighted by atomic mass is 9.99. The van der Waals surface area contributed by atoms with Crippen LogP contribution in [0.5, 0.6) is 0 Å². The summed E-state index contributed by atoms with van der Waals surface area (Å²) in [5.74, 6) is 0. The lowest BCUT2D eigenvalue weighted by Crippen LogP contribution is -2.11. The molecular formula is C16H17N. The molecule has 1 heteroatoms. The predicted molar refractivity (Wildman–Crippen MR) is 72.1 cm³/mol. The van der Waals surface area contributed by atoms with E-state index < -0.39 is 0 Å². The monoisotopic (exact) mass is 223 g/mol. The van der Waals surface area contributed by atoms with E-state index in [-0.39, 0.29) is 0 Å². The molecule has 2 aromatic rings. The second-order valence-electron chi connectivity index (χ2n) is 5.02. The average molecular weight is 223 g/mol. The lowest BCUT2D eigenvalue weighted by Gasteiger charge is -2.14. The van der Waals surface area contributed by atoms with Crippen LogP contribution in [0.2, 0.25) is 0 Å². The summed E-state index contributed by atoms with van der Waals surface area (Å²) in [5, 5.41) is 0. The van der Waals surface area contributed by atoms with Crippen LogP contribution in [0.15, 0.2) is 42.5 Å². The zero-order chi connectivity index (χ0) is 11.8. The molecule has 2 aromatic carbocycles. The smallest absolute Gasteiger partial charge is 0.0233 e. The van der Waals surface area contributed by atoms with Gasteiger partial charge in [0.05, 0.1) is 0 Å². The first-order chi connectivity index (χ1) is 8.25. The Kier molecular flexibility index (Phi) is 2.49. The van der Waals surface area contributed by atoms with E-state index in [1.54, 1.807) is 0 Å². The summed E-state index contributed by atoms with van der Waals surface area (Å²) in [6, 6.07) is 15.5. The summed E-state index contributed by atoms with van der Waals surface area (Å²) in [4.78, 5) is 2.23. The topological polar surface area (TPSA) is 3.24 Å². The van der Waals surface area contributed by atoms with Crippen molar-refractivity contribution < 1.29 is 0 Å². The van der Waals surface area contributed by atoms with Crippen molar-refractivity contribution in [1.29, 1.82) is 0 Å². The quantitative estimate of drug-likeness (QED) is 0.644. The fourth-order valence-electron chi connectivity index (χ4n) is 2.74. The SMILES string of the molecule is CN(C)Cc1cccc2c1-c1ccccc1C2. The van der Waals surface area contributed by atoms with E-state index in [1.807, 2.05) is 0 Å². The molecule has 0 aliphatic heterocycles. The van der Waals surface area contributed by atoms with E-state index in [2.05, 4.69) is 61.5 Å². The van der Waals surface area contributed by atoms with Crippen LogP contribution >= 0.6 is 0 Å². The molecule has 1 nitrogen and oxygen atoms in total. The van der Waals surface area contributed by atoms with Crippen molar-refractivity contribution >= 4 is 0 Å². The Morgan fingerprint density at radius 1 is 0.941 bits per heavy atom. The van der Waals surface area contributed by atoms with E-state index in [0.29, 0.717) is 0 Å². The Labute approximate surface area is 103 Å². The third kappa shape index (κ3) is 1.77. The van der Waals surface area contributed by atoms with Crippen LogP contribution in [0.4, 0.5) is 0 Å². The highest BCUT2D eigenvalue weighted by Gasteiger charge is 2.20. The molecule has 0 amide bonds. The van der Waals surface area contributed by atoms with E-state index in [4.69, 9.17) is 0 Å². The van der Waals surface area contributed by atoms with Crippen molar-refractivity contribution in [3.63, 3.8) is 0 Å². The molecule has 0 N–H and O–H groups in total. The van der Waals surface area contributed by atoms with E-state index in [9.17, 15) is 0 Å². The third-order valence-electron chi connectivity index (χ3n) is 3.39. The molecule has 0 spiro atoms. The average Bonchev–Trinajstić information content (AvgIpc) is 2.67. The number of benzene rings is 2. The van der Waals surface area contributed by atoms with Crippen LogP contribution in [0.1, 0.15) is 16.7 Å². The van der Waals surface area contributed by atoms with E-state index in [1.165, 1.54) is 27.8 Å². The van der Waals surface area contributed by atoms with E-state index >= 15 is 0 Å². The van der Waals surface area contributed by atoms with Crippen LogP contribution in [0.25, 0.3) is 11.1 Å². The van der Waals surface area contributed by atoms with Crippen molar-refractivity contribution in [3.8, 4) is 11.1 Å². The van der Waals surface area contributed by atoms with Crippen LogP contribution in [-0.2, 0) is 13.0 Å². The Morgan fingerprint density at radius 2 is 1.71 bits per heavy atom. The van der Waals surface area contributed by atoms with Gasteiger partial charge in [0.2, 0.25) is 0 Å². The summed E-state index contributed by atoms with van der Waals surface area (Å²) in [5.41, 5.74) is 7.29. The summed E-state index contributed by atoms with van der Waals surface area (Å²) in [6.07, 6.45) is 1.09. The summed E-state index contributed by atoms with van der Waals surface area (Å²) >= 11 is 0. The molecule has 17 heavy (non-hydrogen) atoms. The van der Waals surface area contributed by atoms with Crippen molar-refractivity contribution in [2.24, 2.45) is 0 Å². The van der Waals surface area contributed by atoms with Crippen molar-refractivity contribution in [2.75, 3.05) is 14.1 Å². The number of rotatable bonds is 2. The molecule has 0 unspecified atom stereocenters. The normalized spacial score (nSPS) is 12.6. The molecule has 0 bridgehead atoms. The number of nitrogens with zero attached hydrogens (tertiary/aromatic N) is 1. The molecule has 0 radical (unpaired) electrons. The molecule has 0 heterocycles. The molecule has 1 aliphatic rings. The summed E-state index contributed by atoms with van der Waals surface area (Å²) in [7, 11) is 4.25. The van der Waals surface area contributed by atoms with Crippen LogP contribution in [0, 0.1) is 0 Å². The number of fused-ring (bicyclic) bond motifs is 3. The minimum Gasteiger partial charge on any atom is -0.305 e. The van der Waals surface area contributed by atoms with Crippen molar-refractivity contribution in [3.05, 3.63) is 59.2 Å². The van der Waals surface area contributed by atoms with Gasteiger partial charge in [-0.2, -0.15) is 0 Å². The van der Waals surface area contributed by atoms with Gasteiger partial charge in [0.1, 0.15) is 0 Å². The third-order valence-corrected chi connectivity index (χ3v) is 3.39. The number of hydrogen-bond donors (Lipinski definition) is 0. The van der Waals surface area contributed by atoms with Gasteiger partial charge in [-0.3, -0.25) is 0 Å².